The summed E-state index contributed by atoms with van der Waals surface area (Å²) in [5, 5.41) is 3.18. The summed E-state index contributed by atoms with van der Waals surface area (Å²) in [5.41, 5.74) is 2.98. The molecule has 0 spiro atoms. The van der Waals surface area contributed by atoms with Gasteiger partial charge in [-0.15, -0.1) is 0 Å². The fourth-order valence-electron chi connectivity index (χ4n) is 2.24. The summed E-state index contributed by atoms with van der Waals surface area (Å²) in [4.78, 5) is 3.80. The van der Waals surface area contributed by atoms with Gasteiger partial charge in [-0.25, -0.2) is 4.39 Å². The number of nitrogens with one attached hydrogen (secondary N) is 1. The first-order valence-electron chi connectivity index (χ1n) is 6.12. The SMILES string of the molecule is CCc1ccccc1C(NC)c1ccncc1F. The third-order valence-electron chi connectivity index (χ3n) is 3.15. The van der Waals surface area contributed by atoms with Crippen LogP contribution in [-0.2, 0) is 6.42 Å². The zero-order valence-electron chi connectivity index (χ0n) is 10.7. The minimum atomic E-state index is -0.275. The van der Waals surface area contributed by atoms with Gasteiger partial charge in [-0.05, 0) is 30.7 Å². The number of aromatic nitrogens is 1. The molecule has 1 unspecified atom stereocenters. The summed E-state index contributed by atoms with van der Waals surface area (Å²) in [7, 11) is 1.84. The summed E-state index contributed by atoms with van der Waals surface area (Å²) in [5.74, 6) is -0.275. The largest absolute Gasteiger partial charge is 0.309 e. The first kappa shape index (κ1) is 12.7. The molecule has 2 aromatic rings. The van der Waals surface area contributed by atoms with Gasteiger partial charge in [-0.3, -0.25) is 4.98 Å². The van der Waals surface area contributed by atoms with E-state index >= 15 is 0 Å². The van der Waals surface area contributed by atoms with Gasteiger partial charge in [0.25, 0.3) is 0 Å². The topological polar surface area (TPSA) is 24.9 Å². The van der Waals surface area contributed by atoms with Gasteiger partial charge in [0.05, 0.1) is 12.2 Å². The average molecular weight is 244 g/mol. The quantitative estimate of drug-likeness (QED) is 0.894. The number of halogens is 1. The van der Waals surface area contributed by atoms with Crippen LogP contribution in [0.4, 0.5) is 4.39 Å². The highest BCUT2D eigenvalue weighted by Crippen LogP contribution is 2.26. The van der Waals surface area contributed by atoms with Crippen molar-refractivity contribution in [3.63, 3.8) is 0 Å². The molecule has 1 aromatic carbocycles. The molecule has 1 N–H and O–H groups in total. The van der Waals surface area contributed by atoms with Crippen molar-refractivity contribution in [2.24, 2.45) is 0 Å². The highest BCUT2D eigenvalue weighted by atomic mass is 19.1. The fourth-order valence-corrected chi connectivity index (χ4v) is 2.24. The molecule has 94 valence electrons. The van der Waals surface area contributed by atoms with Crippen LogP contribution in [0.3, 0.4) is 0 Å². The van der Waals surface area contributed by atoms with Crippen molar-refractivity contribution in [1.82, 2.24) is 10.3 Å². The molecule has 0 saturated heterocycles. The summed E-state index contributed by atoms with van der Waals surface area (Å²) < 4.78 is 13.8. The Morgan fingerprint density at radius 3 is 2.67 bits per heavy atom. The molecule has 1 atom stereocenters. The van der Waals surface area contributed by atoms with Crippen LogP contribution in [-0.4, -0.2) is 12.0 Å². The van der Waals surface area contributed by atoms with Crippen LogP contribution in [0.2, 0.25) is 0 Å². The fraction of sp³-hybridized carbons (Fsp3) is 0.267. The second kappa shape index (κ2) is 5.74. The van der Waals surface area contributed by atoms with Gasteiger partial charge in [-0.1, -0.05) is 31.2 Å². The molecule has 0 radical (unpaired) electrons. The number of rotatable bonds is 4. The van der Waals surface area contributed by atoms with Crippen LogP contribution in [0, 0.1) is 5.82 Å². The summed E-state index contributed by atoms with van der Waals surface area (Å²) in [6.45, 7) is 2.11. The van der Waals surface area contributed by atoms with Crippen LogP contribution >= 0.6 is 0 Å². The zero-order chi connectivity index (χ0) is 13.0. The number of benzene rings is 1. The molecule has 0 bridgehead atoms. The zero-order valence-corrected chi connectivity index (χ0v) is 10.7. The second-order valence-electron chi connectivity index (χ2n) is 4.17. The summed E-state index contributed by atoms with van der Waals surface area (Å²) >= 11 is 0. The van der Waals surface area contributed by atoms with Crippen molar-refractivity contribution in [2.45, 2.75) is 19.4 Å². The monoisotopic (exact) mass is 244 g/mol. The standard InChI is InChI=1S/C15H17FN2/c1-3-11-6-4-5-7-12(11)15(17-2)13-8-9-18-10-14(13)16/h4-10,15,17H,3H2,1-2H3. The van der Waals surface area contributed by atoms with E-state index in [0.29, 0.717) is 5.56 Å². The maximum Gasteiger partial charge on any atom is 0.146 e. The molecule has 0 fully saturated rings. The molecule has 1 aromatic heterocycles. The van der Waals surface area contributed by atoms with E-state index in [1.165, 1.54) is 11.8 Å². The van der Waals surface area contributed by atoms with Gasteiger partial charge in [-0.2, -0.15) is 0 Å². The molecule has 0 saturated carbocycles. The maximum atomic E-state index is 13.8. The Morgan fingerprint density at radius 1 is 1.22 bits per heavy atom. The molecular weight excluding hydrogens is 227 g/mol. The lowest BCUT2D eigenvalue weighted by Gasteiger charge is -2.20. The Kier molecular flexibility index (Phi) is 4.05. The van der Waals surface area contributed by atoms with E-state index in [1.807, 2.05) is 25.2 Å². The van der Waals surface area contributed by atoms with E-state index in [4.69, 9.17) is 0 Å². The number of nitrogens with zero attached hydrogens (tertiary/aromatic N) is 1. The molecule has 0 aliphatic heterocycles. The Bertz CT molecular complexity index is 525. The molecule has 0 aliphatic rings. The lowest BCUT2D eigenvalue weighted by atomic mass is 9.94. The molecule has 0 amide bonds. The first-order valence-corrected chi connectivity index (χ1v) is 6.12. The molecule has 0 aliphatic carbocycles. The van der Waals surface area contributed by atoms with Gasteiger partial charge in [0.2, 0.25) is 0 Å². The van der Waals surface area contributed by atoms with Crippen LogP contribution in [0.25, 0.3) is 0 Å². The summed E-state index contributed by atoms with van der Waals surface area (Å²) in [6, 6.07) is 9.71. The molecule has 3 heteroatoms. The van der Waals surface area contributed by atoms with Crippen molar-refractivity contribution in [3.8, 4) is 0 Å². The lowest BCUT2D eigenvalue weighted by molar-refractivity contribution is 0.569. The normalized spacial score (nSPS) is 12.4. The smallest absolute Gasteiger partial charge is 0.146 e. The van der Waals surface area contributed by atoms with Crippen molar-refractivity contribution in [2.75, 3.05) is 7.05 Å². The van der Waals surface area contributed by atoms with Gasteiger partial charge in [0.1, 0.15) is 5.82 Å². The van der Waals surface area contributed by atoms with Crippen LogP contribution in [0.1, 0.15) is 29.7 Å². The first-order chi connectivity index (χ1) is 8.77. The average Bonchev–Trinajstić information content (AvgIpc) is 2.42. The predicted octanol–water partition coefficient (Wildman–Crippen LogP) is 3.09. The summed E-state index contributed by atoms with van der Waals surface area (Å²) in [6.07, 6.45) is 3.81. The lowest BCUT2D eigenvalue weighted by Crippen LogP contribution is -2.20. The van der Waals surface area contributed by atoms with Crippen LogP contribution in [0.5, 0.6) is 0 Å². The Morgan fingerprint density at radius 2 is 2.00 bits per heavy atom. The highest BCUT2D eigenvalue weighted by Gasteiger charge is 2.17. The van der Waals surface area contributed by atoms with Crippen LogP contribution < -0.4 is 5.32 Å². The van der Waals surface area contributed by atoms with Crippen LogP contribution in [0.15, 0.2) is 42.7 Å². The van der Waals surface area contributed by atoms with E-state index in [9.17, 15) is 4.39 Å². The predicted molar refractivity (Wildman–Crippen MR) is 70.9 cm³/mol. The van der Waals surface area contributed by atoms with Crippen molar-refractivity contribution in [3.05, 3.63) is 65.2 Å². The number of aryl methyl sites for hydroxylation is 1. The van der Waals surface area contributed by atoms with E-state index in [2.05, 4.69) is 23.3 Å². The van der Waals surface area contributed by atoms with Crippen molar-refractivity contribution < 1.29 is 4.39 Å². The highest BCUT2D eigenvalue weighted by molar-refractivity contribution is 5.37. The minimum absolute atomic E-state index is 0.135. The van der Waals surface area contributed by atoms with Gasteiger partial charge >= 0.3 is 0 Å². The van der Waals surface area contributed by atoms with Crippen molar-refractivity contribution >= 4 is 0 Å². The molecule has 1 heterocycles. The molecule has 2 nitrogen and oxygen atoms in total. The van der Waals surface area contributed by atoms with E-state index in [0.717, 1.165) is 12.0 Å². The third kappa shape index (κ3) is 2.41. The Balaban J connectivity index is 2.49. The molecule has 2 rings (SSSR count). The number of hydrogen-bond donors (Lipinski definition) is 1. The van der Waals surface area contributed by atoms with Gasteiger partial charge in [0, 0.05) is 11.8 Å². The molecule has 18 heavy (non-hydrogen) atoms. The third-order valence-corrected chi connectivity index (χ3v) is 3.15. The Hall–Kier alpha value is -1.74. The van der Waals surface area contributed by atoms with E-state index in [-0.39, 0.29) is 11.9 Å². The van der Waals surface area contributed by atoms with Gasteiger partial charge < -0.3 is 5.32 Å². The number of pyridine rings is 1. The van der Waals surface area contributed by atoms with Crippen molar-refractivity contribution in [1.29, 1.82) is 0 Å². The molecular formula is C15H17FN2. The Labute approximate surface area is 107 Å². The maximum absolute atomic E-state index is 13.8. The minimum Gasteiger partial charge on any atom is -0.309 e. The number of hydrogen-bond acceptors (Lipinski definition) is 2. The van der Waals surface area contributed by atoms with E-state index in [1.54, 1.807) is 12.3 Å². The van der Waals surface area contributed by atoms with E-state index < -0.39 is 0 Å². The second-order valence-corrected chi connectivity index (χ2v) is 4.17. The van der Waals surface area contributed by atoms with Gasteiger partial charge in [0.15, 0.2) is 0 Å².